The first kappa shape index (κ1) is 15.9. The molecule has 2 rings (SSSR count). The van der Waals surface area contributed by atoms with E-state index in [4.69, 9.17) is 0 Å². The SMILES string of the molecule is C\C=C(/C=C\C(=C/CC)NC)n1c(=O)n(C)c2ccccc21. The molecule has 0 radical (unpaired) electrons. The van der Waals surface area contributed by atoms with Gasteiger partial charge in [0.15, 0.2) is 0 Å². The predicted molar refractivity (Wildman–Crippen MR) is 93.7 cm³/mol. The van der Waals surface area contributed by atoms with Gasteiger partial charge in [-0.2, -0.15) is 0 Å². The minimum Gasteiger partial charge on any atom is -0.388 e. The molecule has 0 aliphatic heterocycles. The van der Waals surface area contributed by atoms with Crippen LogP contribution in [-0.2, 0) is 7.05 Å². The number of benzene rings is 1. The molecule has 4 heteroatoms. The average molecular weight is 297 g/mol. The quantitative estimate of drug-likeness (QED) is 0.860. The topological polar surface area (TPSA) is 39.0 Å². The number of likely N-dealkylation sites (N-methyl/N-ethyl adjacent to an activating group) is 1. The number of hydrogen-bond donors (Lipinski definition) is 1. The first-order chi connectivity index (χ1) is 10.6. The number of para-hydroxylation sites is 2. The molecule has 1 aromatic heterocycles. The molecule has 22 heavy (non-hydrogen) atoms. The van der Waals surface area contributed by atoms with Crippen molar-refractivity contribution in [3.63, 3.8) is 0 Å². The van der Waals surface area contributed by atoms with Crippen LogP contribution in [0.2, 0.25) is 0 Å². The molecule has 0 aliphatic rings. The molecule has 4 nitrogen and oxygen atoms in total. The van der Waals surface area contributed by atoms with Crippen molar-refractivity contribution in [2.24, 2.45) is 7.05 Å². The summed E-state index contributed by atoms with van der Waals surface area (Å²) < 4.78 is 3.42. The largest absolute Gasteiger partial charge is 0.388 e. The van der Waals surface area contributed by atoms with E-state index in [0.717, 1.165) is 28.8 Å². The Labute approximate surface area is 131 Å². The third kappa shape index (κ3) is 2.91. The van der Waals surface area contributed by atoms with E-state index in [1.807, 2.05) is 56.5 Å². The maximum Gasteiger partial charge on any atom is 0.333 e. The molecule has 0 saturated heterocycles. The van der Waals surface area contributed by atoms with Crippen molar-refractivity contribution in [1.82, 2.24) is 14.5 Å². The zero-order valence-electron chi connectivity index (χ0n) is 13.6. The van der Waals surface area contributed by atoms with Crippen molar-refractivity contribution < 1.29 is 0 Å². The van der Waals surface area contributed by atoms with E-state index in [2.05, 4.69) is 18.3 Å². The molecule has 0 spiro atoms. The van der Waals surface area contributed by atoms with Gasteiger partial charge in [0.1, 0.15) is 0 Å². The summed E-state index contributed by atoms with van der Waals surface area (Å²) in [6, 6.07) is 7.82. The molecular weight excluding hydrogens is 274 g/mol. The molecule has 0 bridgehead atoms. The lowest BCUT2D eigenvalue weighted by atomic mass is 10.2. The Balaban J connectivity index is 2.54. The van der Waals surface area contributed by atoms with Crippen LogP contribution in [0.25, 0.3) is 16.7 Å². The van der Waals surface area contributed by atoms with Crippen molar-refractivity contribution in [2.75, 3.05) is 7.05 Å². The summed E-state index contributed by atoms with van der Waals surface area (Å²) in [5, 5.41) is 3.15. The lowest BCUT2D eigenvalue weighted by molar-refractivity contribution is 0.855. The number of allylic oxidation sites excluding steroid dienone is 5. The fraction of sp³-hybridized carbons (Fsp3) is 0.278. The third-order valence-corrected chi connectivity index (χ3v) is 3.66. The number of aromatic nitrogens is 2. The fourth-order valence-electron chi connectivity index (χ4n) is 2.49. The van der Waals surface area contributed by atoms with Gasteiger partial charge >= 0.3 is 5.69 Å². The summed E-state index contributed by atoms with van der Waals surface area (Å²) in [4.78, 5) is 12.5. The Kier molecular flexibility index (Phi) is 5.04. The highest BCUT2D eigenvalue weighted by Crippen LogP contribution is 2.17. The van der Waals surface area contributed by atoms with Crippen LogP contribution >= 0.6 is 0 Å². The van der Waals surface area contributed by atoms with Gasteiger partial charge in [0.05, 0.1) is 11.0 Å². The standard InChI is InChI=1S/C18H23N3O/c1-5-9-14(19-3)12-13-15(6-2)21-17-11-8-7-10-16(17)20(4)18(21)22/h6-13,19H,5H2,1-4H3/b13-12-,14-9+,15-6+. The molecule has 2 aromatic rings. The van der Waals surface area contributed by atoms with Gasteiger partial charge in [-0.05, 0) is 37.6 Å². The van der Waals surface area contributed by atoms with Gasteiger partial charge in [0.2, 0.25) is 0 Å². The number of aryl methyl sites for hydroxylation is 1. The van der Waals surface area contributed by atoms with Gasteiger partial charge in [-0.1, -0.05) is 31.2 Å². The number of fused-ring (bicyclic) bond motifs is 1. The molecule has 0 aliphatic carbocycles. The molecule has 1 heterocycles. The first-order valence-corrected chi connectivity index (χ1v) is 7.53. The first-order valence-electron chi connectivity index (χ1n) is 7.53. The van der Waals surface area contributed by atoms with Gasteiger partial charge in [-0.3, -0.25) is 9.13 Å². The highest BCUT2D eigenvalue weighted by molar-refractivity contribution is 5.81. The monoisotopic (exact) mass is 297 g/mol. The average Bonchev–Trinajstić information content (AvgIpc) is 2.80. The maximum atomic E-state index is 12.5. The third-order valence-electron chi connectivity index (χ3n) is 3.66. The molecular formula is C18H23N3O. The number of imidazole rings is 1. The van der Waals surface area contributed by atoms with E-state index in [1.165, 1.54) is 0 Å². The van der Waals surface area contributed by atoms with Crippen LogP contribution in [0, 0.1) is 0 Å². The van der Waals surface area contributed by atoms with E-state index in [0.29, 0.717) is 0 Å². The summed E-state index contributed by atoms with van der Waals surface area (Å²) in [6.07, 6.45) is 8.97. The Bertz CT molecular complexity index is 803. The van der Waals surface area contributed by atoms with Crippen LogP contribution in [0.4, 0.5) is 0 Å². The lowest BCUT2D eigenvalue weighted by Crippen LogP contribution is -2.21. The summed E-state index contributed by atoms with van der Waals surface area (Å²) in [6.45, 7) is 4.04. The van der Waals surface area contributed by atoms with Gasteiger partial charge in [0, 0.05) is 25.5 Å². The second-order valence-corrected chi connectivity index (χ2v) is 5.03. The van der Waals surface area contributed by atoms with Crippen LogP contribution in [-0.4, -0.2) is 16.2 Å². The summed E-state index contributed by atoms with van der Waals surface area (Å²) in [5.41, 5.74) is 3.70. The smallest absolute Gasteiger partial charge is 0.333 e. The van der Waals surface area contributed by atoms with E-state index < -0.39 is 0 Å². The van der Waals surface area contributed by atoms with E-state index in [1.54, 1.807) is 16.2 Å². The van der Waals surface area contributed by atoms with Gasteiger partial charge in [0.25, 0.3) is 0 Å². The second kappa shape index (κ2) is 6.98. The van der Waals surface area contributed by atoms with Crippen LogP contribution in [0.1, 0.15) is 20.3 Å². The number of rotatable bonds is 5. The minimum atomic E-state index is -0.0376. The van der Waals surface area contributed by atoms with E-state index in [9.17, 15) is 4.79 Å². The molecule has 0 unspecified atom stereocenters. The minimum absolute atomic E-state index is 0.0376. The summed E-state index contributed by atoms with van der Waals surface area (Å²) in [7, 11) is 3.69. The van der Waals surface area contributed by atoms with Crippen LogP contribution in [0.15, 0.2) is 59.1 Å². The molecule has 1 N–H and O–H groups in total. The Morgan fingerprint density at radius 2 is 1.91 bits per heavy atom. The predicted octanol–water partition coefficient (Wildman–Crippen LogP) is 3.27. The Hall–Kier alpha value is -2.49. The normalized spacial score (nSPS) is 13.3. The lowest BCUT2D eigenvalue weighted by Gasteiger charge is -2.05. The Morgan fingerprint density at radius 1 is 1.23 bits per heavy atom. The molecule has 0 fully saturated rings. The van der Waals surface area contributed by atoms with Crippen LogP contribution in [0.5, 0.6) is 0 Å². The maximum absolute atomic E-state index is 12.5. The number of nitrogens with one attached hydrogen (secondary N) is 1. The van der Waals surface area contributed by atoms with Crippen molar-refractivity contribution in [3.05, 3.63) is 64.8 Å². The van der Waals surface area contributed by atoms with Gasteiger partial charge < -0.3 is 5.32 Å². The van der Waals surface area contributed by atoms with Crippen molar-refractivity contribution in [2.45, 2.75) is 20.3 Å². The molecule has 0 atom stereocenters. The van der Waals surface area contributed by atoms with Gasteiger partial charge in [-0.15, -0.1) is 0 Å². The molecule has 116 valence electrons. The number of nitrogens with zero attached hydrogens (tertiary/aromatic N) is 2. The van der Waals surface area contributed by atoms with Crippen molar-refractivity contribution >= 4 is 16.7 Å². The van der Waals surface area contributed by atoms with Crippen molar-refractivity contribution in [3.8, 4) is 0 Å². The highest BCUT2D eigenvalue weighted by Gasteiger charge is 2.11. The van der Waals surface area contributed by atoms with E-state index in [-0.39, 0.29) is 5.69 Å². The summed E-state index contributed by atoms with van der Waals surface area (Å²) in [5.74, 6) is 0. The van der Waals surface area contributed by atoms with Crippen molar-refractivity contribution in [1.29, 1.82) is 0 Å². The Morgan fingerprint density at radius 3 is 2.50 bits per heavy atom. The second-order valence-electron chi connectivity index (χ2n) is 5.03. The zero-order chi connectivity index (χ0) is 16.1. The number of hydrogen-bond acceptors (Lipinski definition) is 2. The van der Waals surface area contributed by atoms with Crippen LogP contribution in [0.3, 0.4) is 0 Å². The molecule has 0 saturated carbocycles. The summed E-state index contributed by atoms with van der Waals surface area (Å²) >= 11 is 0. The molecule has 0 amide bonds. The van der Waals surface area contributed by atoms with E-state index >= 15 is 0 Å². The van der Waals surface area contributed by atoms with Crippen LogP contribution < -0.4 is 11.0 Å². The highest BCUT2D eigenvalue weighted by atomic mass is 16.1. The fourth-order valence-corrected chi connectivity index (χ4v) is 2.49. The van der Waals surface area contributed by atoms with Gasteiger partial charge in [-0.25, -0.2) is 4.79 Å². The zero-order valence-corrected chi connectivity index (χ0v) is 13.6. The molecule has 1 aromatic carbocycles.